The van der Waals surface area contributed by atoms with Crippen LogP contribution in [0, 0.1) is 0 Å². The van der Waals surface area contributed by atoms with Crippen molar-refractivity contribution in [3.05, 3.63) is 200 Å². The van der Waals surface area contributed by atoms with Gasteiger partial charge < -0.3 is 18.5 Å². The average molecular weight is 753 g/mol. The van der Waals surface area contributed by atoms with Gasteiger partial charge in [-0.25, -0.2) is 0 Å². The minimum atomic E-state index is -0.280. The number of rotatable bonds is 4. The molecule has 0 bridgehead atoms. The molecule has 0 spiro atoms. The summed E-state index contributed by atoms with van der Waals surface area (Å²) in [6.07, 6.45) is 0. The van der Waals surface area contributed by atoms with Crippen molar-refractivity contribution in [3.63, 3.8) is 0 Å². The van der Waals surface area contributed by atoms with Crippen LogP contribution in [0.3, 0.4) is 0 Å². The first-order chi connectivity index (χ1) is 29.2. The maximum absolute atomic E-state index is 6.93. The topological polar surface area (TPSA) is 28.3 Å². The fourth-order valence-corrected chi connectivity index (χ4v) is 9.71. The highest BCUT2D eigenvalue weighted by molar-refractivity contribution is 6.84. The van der Waals surface area contributed by atoms with Gasteiger partial charge in [-0.1, -0.05) is 127 Å². The lowest BCUT2D eigenvalue weighted by molar-refractivity contribution is 0.480. The minimum absolute atomic E-state index is 0.280. The van der Waals surface area contributed by atoms with Crippen LogP contribution in [-0.4, -0.2) is 16.0 Å². The van der Waals surface area contributed by atoms with Gasteiger partial charge in [-0.2, -0.15) is 0 Å². The first-order valence-electron chi connectivity index (χ1n) is 20.2. The highest BCUT2D eigenvalue weighted by atomic mass is 16.5. The standard InChI is InChI=1S/C54H33BN2O2/c1-6-16-47-40(11-1)41-12-2-7-17-48(41)56(47)38-26-21-34(22-27-38)36-25-30-46-52(32-36)58-53-33-37(31-45-44-15-5-10-20-51(44)59-55(46)54(45)53)35-23-28-39(29-24-35)57-49-18-8-3-13-42(49)43-14-4-9-19-50(43)57/h1-33H. The smallest absolute Gasteiger partial charge is 0.434 e. The van der Waals surface area contributed by atoms with Crippen molar-refractivity contribution in [1.29, 1.82) is 0 Å². The van der Waals surface area contributed by atoms with Crippen LogP contribution in [0.5, 0.6) is 17.2 Å². The molecule has 0 saturated carbocycles. The molecule has 4 nitrogen and oxygen atoms in total. The third-order valence-electron chi connectivity index (χ3n) is 12.4. The number of fused-ring (bicyclic) bond motifs is 10. The molecule has 5 heteroatoms. The van der Waals surface area contributed by atoms with E-state index < -0.39 is 0 Å². The average Bonchev–Trinajstić information content (AvgIpc) is 3.82. The summed E-state index contributed by atoms with van der Waals surface area (Å²) in [5.41, 5.74) is 15.8. The van der Waals surface area contributed by atoms with E-state index in [1.807, 2.05) is 6.07 Å². The Labute approximate surface area is 340 Å². The van der Waals surface area contributed by atoms with Gasteiger partial charge in [0.2, 0.25) is 0 Å². The van der Waals surface area contributed by atoms with Crippen molar-refractivity contribution in [3.8, 4) is 62.0 Å². The molecule has 0 amide bonds. The molecule has 0 fully saturated rings. The zero-order valence-corrected chi connectivity index (χ0v) is 31.8. The van der Waals surface area contributed by atoms with Gasteiger partial charge in [-0.3, -0.25) is 0 Å². The lowest BCUT2D eigenvalue weighted by atomic mass is 9.50. The summed E-state index contributed by atoms with van der Waals surface area (Å²) < 4.78 is 18.5. The fourth-order valence-electron chi connectivity index (χ4n) is 9.71. The Bertz CT molecular complexity index is 3400. The van der Waals surface area contributed by atoms with Gasteiger partial charge in [-0.15, -0.1) is 0 Å². The molecule has 0 N–H and O–H groups in total. The second kappa shape index (κ2) is 12.4. The normalized spacial score (nSPS) is 12.6. The van der Waals surface area contributed by atoms with Crippen LogP contribution < -0.4 is 20.3 Å². The van der Waals surface area contributed by atoms with Gasteiger partial charge in [-0.05, 0) is 101 Å². The molecular weight excluding hydrogens is 719 g/mol. The molecule has 4 heterocycles. The van der Waals surface area contributed by atoms with E-state index in [0.717, 1.165) is 72.9 Å². The summed E-state index contributed by atoms with van der Waals surface area (Å²) in [4.78, 5) is 0. The Morgan fingerprint density at radius 1 is 0.339 bits per heavy atom. The van der Waals surface area contributed by atoms with E-state index in [0.29, 0.717) is 0 Å². The van der Waals surface area contributed by atoms with Crippen molar-refractivity contribution in [2.24, 2.45) is 0 Å². The summed E-state index contributed by atoms with van der Waals surface area (Å²) in [5.74, 6) is 2.53. The molecule has 11 aromatic rings. The molecule has 2 aliphatic heterocycles. The second-order valence-electron chi connectivity index (χ2n) is 15.6. The summed E-state index contributed by atoms with van der Waals surface area (Å²) in [7, 11) is 0. The van der Waals surface area contributed by atoms with E-state index >= 15 is 0 Å². The molecule has 2 aromatic heterocycles. The minimum Gasteiger partial charge on any atom is -0.551 e. The number of ether oxygens (including phenoxy) is 1. The molecule has 0 radical (unpaired) electrons. The molecular formula is C54H33BN2O2. The highest BCUT2D eigenvalue weighted by Crippen LogP contribution is 2.43. The molecule has 274 valence electrons. The lowest BCUT2D eigenvalue weighted by Crippen LogP contribution is -2.53. The van der Waals surface area contributed by atoms with Gasteiger partial charge >= 0.3 is 6.92 Å². The number of hydrogen-bond acceptors (Lipinski definition) is 2. The van der Waals surface area contributed by atoms with Gasteiger partial charge in [0.05, 0.1) is 22.1 Å². The molecule has 0 aliphatic carbocycles. The molecule has 59 heavy (non-hydrogen) atoms. The van der Waals surface area contributed by atoms with Gasteiger partial charge in [0, 0.05) is 49.4 Å². The van der Waals surface area contributed by atoms with E-state index in [1.54, 1.807) is 0 Å². The van der Waals surface area contributed by atoms with Crippen LogP contribution in [0.4, 0.5) is 0 Å². The molecule has 9 aromatic carbocycles. The second-order valence-corrected chi connectivity index (χ2v) is 15.6. The molecule has 13 rings (SSSR count). The van der Waals surface area contributed by atoms with Gasteiger partial charge in [0.15, 0.2) is 0 Å². The Morgan fingerprint density at radius 3 is 1.36 bits per heavy atom. The van der Waals surface area contributed by atoms with E-state index in [9.17, 15) is 0 Å². The SMILES string of the molecule is c1ccc2c(c1)OB1c3ccc(-c4ccc(-n5c6ccccc6c6ccccc65)cc4)cc3Oc3cc(-c4ccc(-n5c6ccccc6c6ccccc65)cc4)cc-2c31. The summed E-state index contributed by atoms with van der Waals surface area (Å²) in [6.45, 7) is -0.280. The van der Waals surface area contributed by atoms with Crippen LogP contribution in [0.25, 0.3) is 88.4 Å². The van der Waals surface area contributed by atoms with E-state index in [-0.39, 0.29) is 6.92 Å². The predicted octanol–water partition coefficient (Wildman–Crippen LogP) is 12.5. The first-order valence-corrected chi connectivity index (χ1v) is 20.2. The monoisotopic (exact) mass is 752 g/mol. The number of aromatic nitrogens is 2. The molecule has 0 atom stereocenters. The van der Waals surface area contributed by atoms with Crippen LogP contribution >= 0.6 is 0 Å². The number of hydrogen-bond donors (Lipinski definition) is 0. The van der Waals surface area contributed by atoms with Crippen molar-refractivity contribution >= 4 is 61.5 Å². The number of benzene rings is 9. The highest BCUT2D eigenvalue weighted by Gasteiger charge is 2.41. The molecule has 2 aliphatic rings. The van der Waals surface area contributed by atoms with Crippen LogP contribution in [0.15, 0.2) is 200 Å². The third-order valence-corrected chi connectivity index (χ3v) is 12.4. The fraction of sp³-hybridized carbons (Fsp3) is 0. The quantitative estimate of drug-likeness (QED) is 0.168. The largest absolute Gasteiger partial charge is 0.551 e. The van der Waals surface area contributed by atoms with Crippen molar-refractivity contribution in [2.75, 3.05) is 0 Å². The lowest BCUT2D eigenvalue weighted by Gasteiger charge is -2.33. The molecule has 0 saturated heterocycles. The van der Waals surface area contributed by atoms with Crippen molar-refractivity contribution in [2.45, 2.75) is 0 Å². The first kappa shape index (κ1) is 32.3. The van der Waals surface area contributed by atoms with E-state index in [4.69, 9.17) is 9.39 Å². The maximum Gasteiger partial charge on any atom is 0.434 e. The Morgan fingerprint density at radius 2 is 0.797 bits per heavy atom. The summed E-state index contributed by atoms with van der Waals surface area (Å²) >= 11 is 0. The zero-order valence-electron chi connectivity index (χ0n) is 31.8. The van der Waals surface area contributed by atoms with E-state index in [2.05, 4.69) is 203 Å². The Hall–Kier alpha value is -7.76. The number of nitrogens with zero attached hydrogens (tertiary/aromatic N) is 2. The maximum atomic E-state index is 6.93. The summed E-state index contributed by atoms with van der Waals surface area (Å²) in [5, 5.41) is 5.03. The Balaban J connectivity index is 0.888. The molecule has 0 unspecified atom stereocenters. The van der Waals surface area contributed by atoms with Crippen molar-refractivity contribution in [1.82, 2.24) is 9.13 Å². The summed E-state index contributed by atoms with van der Waals surface area (Å²) in [6, 6.07) is 71.7. The predicted molar refractivity (Wildman–Crippen MR) is 244 cm³/mol. The van der Waals surface area contributed by atoms with Gasteiger partial charge in [0.25, 0.3) is 0 Å². The van der Waals surface area contributed by atoms with Crippen LogP contribution in [0.1, 0.15) is 0 Å². The van der Waals surface area contributed by atoms with E-state index in [1.165, 1.54) is 43.6 Å². The number of para-hydroxylation sites is 5. The zero-order chi connectivity index (χ0) is 38.6. The van der Waals surface area contributed by atoms with Crippen LogP contribution in [0.2, 0.25) is 0 Å². The third kappa shape index (κ3) is 4.79. The Kier molecular flexibility index (Phi) is 6.78. The van der Waals surface area contributed by atoms with Crippen LogP contribution in [-0.2, 0) is 0 Å². The van der Waals surface area contributed by atoms with Gasteiger partial charge in [0.1, 0.15) is 17.2 Å². The van der Waals surface area contributed by atoms with Crippen molar-refractivity contribution < 1.29 is 9.39 Å².